The molecule has 0 radical (unpaired) electrons. The molecule has 0 aliphatic heterocycles. The highest BCUT2D eigenvalue weighted by Gasteiger charge is 2.19. The average molecular weight is 437 g/mol. The molecule has 0 amide bonds. The van der Waals surface area contributed by atoms with Gasteiger partial charge in [0.1, 0.15) is 0 Å². The van der Waals surface area contributed by atoms with Crippen molar-refractivity contribution in [3.63, 3.8) is 0 Å². The molecule has 0 aliphatic carbocycles. The van der Waals surface area contributed by atoms with Gasteiger partial charge in [-0.2, -0.15) is 0 Å². The van der Waals surface area contributed by atoms with Gasteiger partial charge in [-0.1, -0.05) is 90.4 Å². The second-order valence-electron chi connectivity index (χ2n) is 8.79. The quantitative estimate of drug-likeness (QED) is 0.130. The number of rotatable bonds is 19. The third kappa shape index (κ3) is 12.1. The van der Waals surface area contributed by atoms with Crippen LogP contribution in [-0.2, 0) is 0 Å². The van der Waals surface area contributed by atoms with E-state index in [2.05, 4.69) is 12.2 Å². The minimum Gasteiger partial charge on any atom is -0.394 e. The Balaban J connectivity index is 2.14. The van der Waals surface area contributed by atoms with Gasteiger partial charge < -0.3 is 15.5 Å². The van der Waals surface area contributed by atoms with Gasteiger partial charge in [-0.05, 0) is 25.0 Å². The molecule has 1 aromatic rings. The lowest BCUT2D eigenvalue weighted by atomic mass is 10.0. The lowest BCUT2D eigenvalue weighted by Gasteiger charge is -2.24. The van der Waals surface area contributed by atoms with Crippen LogP contribution in [-0.4, -0.2) is 33.9 Å². The normalized spacial score (nSPS) is 13.2. The summed E-state index contributed by atoms with van der Waals surface area (Å²) in [4.78, 5) is 10.4. The summed E-state index contributed by atoms with van der Waals surface area (Å²) in [5.41, 5.74) is 1.46. The molecule has 2 atom stereocenters. The van der Waals surface area contributed by atoms with Gasteiger partial charge in [0.2, 0.25) is 0 Å². The first kappa shape index (κ1) is 27.4. The van der Waals surface area contributed by atoms with Crippen molar-refractivity contribution in [2.24, 2.45) is 0 Å². The van der Waals surface area contributed by atoms with Crippen molar-refractivity contribution in [1.82, 2.24) is 0 Å². The molecule has 1 rings (SSSR count). The third-order valence-electron chi connectivity index (χ3n) is 6.03. The molecule has 3 N–H and O–H groups in total. The molecule has 1 aromatic carbocycles. The summed E-state index contributed by atoms with van der Waals surface area (Å²) < 4.78 is 0. The Labute approximate surface area is 188 Å². The Morgan fingerprint density at radius 2 is 1.45 bits per heavy atom. The van der Waals surface area contributed by atoms with E-state index in [1.54, 1.807) is 13.0 Å². The molecular formula is C25H44N2O4. The Hall–Kier alpha value is -1.66. The molecule has 0 saturated heterocycles. The van der Waals surface area contributed by atoms with Crippen LogP contribution < -0.4 is 5.32 Å². The molecule has 2 unspecified atom stereocenters. The number of nitro groups is 1. The SMILES string of the molecule is CCCCCCCCCCCCCCCC(O)C(CO)Nc1ccc([N+](=O)[O-])cc1C. The maximum Gasteiger partial charge on any atom is 0.269 e. The molecule has 6 heteroatoms. The zero-order valence-corrected chi connectivity index (χ0v) is 19.7. The smallest absolute Gasteiger partial charge is 0.269 e. The summed E-state index contributed by atoms with van der Waals surface area (Å²) in [7, 11) is 0. The van der Waals surface area contributed by atoms with Crippen molar-refractivity contribution in [1.29, 1.82) is 0 Å². The maximum atomic E-state index is 10.9. The van der Waals surface area contributed by atoms with E-state index in [9.17, 15) is 20.3 Å². The standard InChI is InChI=1S/C25H44N2O4/c1-3-4-5-6-7-8-9-10-11-12-13-14-15-16-25(29)24(20-28)26-23-18-17-22(27(30)31)19-21(23)2/h17-19,24-26,28-29H,3-16,20H2,1-2H3. The van der Waals surface area contributed by atoms with Crippen molar-refractivity contribution >= 4 is 11.4 Å². The lowest BCUT2D eigenvalue weighted by molar-refractivity contribution is -0.384. The van der Waals surface area contributed by atoms with Crippen molar-refractivity contribution in [2.45, 2.75) is 116 Å². The molecule has 0 aliphatic rings. The van der Waals surface area contributed by atoms with Crippen LogP contribution in [0.15, 0.2) is 18.2 Å². The van der Waals surface area contributed by atoms with Crippen molar-refractivity contribution in [2.75, 3.05) is 11.9 Å². The molecule has 0 saturated carbocycles. The van der Waals surface area contributed by atoms with Gasteiger partial charge in [0, 0.05) is 17.8 Å². The topological polar surface area (TPSA) is 95.6 Å². The number of unbranched alkanes of at least 4 members (excludes halogenated alkanes) is 12. The molecule has 0 spiro atoms. The van der Waals surface area contributed by atoms with Crippen LogP contribution in [0.4, 0.5) is 11.4 Å². The van der Waals surface area contributed by atoms with E-state index in [0.717, 1.165) is 18.4 Å². The molecule has 0 fully saturated rings. The van der Waals surface area contributed by atoms with Crippen LogP contribution in [0.1, 0.15) is 102 Å². The van der Waals surface area contributed by atoms with Gasteiger partial charge >= 0.3 is 0 Å². The van der Waals surface area contributed by atoms with E-state index in [-0.39, 0.29) is 12.3 Å². The largest absolute Gasteiger partial charge is 0.394 e. The van der Waals surface area contributed by atoms with Gasteiger partial charge in [-0.3, -0.25) is 10.1 Å². The fraction of sp³-hybridized carbons (Fsp3) is 0.760. The maximum absolute atomic E-state index is 10.9. The predicted octanol–water partition coefficient (Wildman–Crippen LogP) is 6.52. The van der Waals surface area contributed by atoms with E-state index in [1.807, 2.05) is 0 Å². The number of aliphatic hydroxyl groups is 2. The molecule has 6 nitrogen and oxygen atoms in total. The number of hydrogen-bond acceptors (Lipinski definition) is 5. The molecule has 0 aromatic heterocycles. The third-order valence-corrected chi connectivity index (χ3v) is 6.03. The fourth-order valence-electron chi connectivity index (χ4n) is 3.96. The van der Waals surface area contributed by atoms with E-state index >= 15 is 0 Å². The van der Waals surface area contributed by atoms with Crippen molar-refractivity contribution in [3.8, 4) is 0 Å². The van der Waals surface area contributed by atoms with Gasteiger partial charge in [-0.25, -0.2) is 0 Å². The van der Waals surface area contributed by atoms with Crippen LogP contribution in [0.3, 0.4) is 0 Å². The van der Waals surface area contributed by atoms with Gasteiger partial charge in [0.05, 0.1) is 23.7 Å². The summed E-state index contributed by atoms with van der Waals surface area (Å²) in [5.74, 6) is 0. The summed E-state index contributed by atoms with van der Waals surface area (Å²) in [6.45, 7) is 3.85. The molecular weight excluding hydrogens is 392 g/mol. The number of aryl methyl sites for hydroxylation is 1. The number of non-ortho nitro benzene ring substituents is 1. The average Bonchev–Trinajstić information content (AvgIpc) is 2.75. The Morgan fingerprint density at radius 3 is 1.90 bits per heavy atom. The summed E-state index contributed by atoms with van der Waals surface area (Å²) in [5, 5.41) is 34.1. The molecule has 0 heterocycles. The first-order valence-electron chi connectivity index (χ1n) is 12.3. The summed E-state index contributed by atoms with van der Waals surface area (Å²) in [6, 6.07) is 4.09. The van der Waals surface area contributed by atoms with E-state index in [4.69, 9.17) is 0 Å². The van der Waals surface area contributed by atoms with Crippen LogP contribution in [0.25, 0.3) is 0 Å². The number of anilines is 1. The highest BCUT2D eigenvalue weighted by Crippen LogP contribution is 2.23. The lowest BCUT2D eigenvalue weighted by Crippen LogP contribution is -2.37. The fourth-order valence-corrected chi connectivity index (χ4v) is 3.96. The monoisotopic (exact) mass is 436 g/mol. The minimum absolute atomic E-state index is 0.0381. The number of benzene rings is 1. The Kier molecular flexibility index (Phi) is 15.0. The summed E-state index contributed by atoms with van der Waals surface area (Å²) in [6.07, 6.45) is 16.7. The second kappa shape index (κ2) is 17.0. The van der Waals surface area contributed by atoms with Crippen LogP contribution in [0.2, 0.25) is 0 Å². The van der Waals surface area contributed by atoms with Crippen LogP contribution in [0, 0.1) is 17.0 Å². The van der Waals surface area contributed by atoms with Gasteiger partial charge in [0.25, 0.3) is 5.69 Å². The first-order valence-corrected chi connectivity index (χ1v) is 12.3. The van der Waals surface area contributed by atoms with Gasteiger partial charge in [-0.15, -0.1) is 0 Å². The predicted molar refractivity (Wildman–Crippen MR) is 129 cm³/mol. The highest BCUT2D eigenvalue weighted by molar-refractivity contribution is 5.56. The van der Waals surface area contributed by atoms with Crippen molar-refractivity contribution < 1.29 is 15.1 Å². The molecule has 0 bridgehead atoms. The first-order chi connectivity index (χ1) is 15.0. The summed E-state index contributed by atoms with van der Waals surface area (Å²) >= 11 is 0. The van der Waals surface area contributed by atoms with Gasteiger partial charge in [0.15, 0.2) is 0 Å². The van der Waals surface area contributed by atoms with Crippen molar-refractivity contribution in [3.05, 3.63) is 33.9 Å². The minimum atomic E-state index is -0.646. The van der Waals surface area contributed by atoms with Crippen LogP contribution in [0.5, 0.6) is 0 Å². The number of hydrogen-bond donors (Lipinski definition) is 3. The zero-order valence-electron chi connectivity index (χ0n) is 19.7. The Bertz CT molecular complexity index is 609. The highest BCUT2D eigenvalue weighted by atomic mass is 16.6. The number of nitrogens with one attached hydrogen (secondary N) is 1. The molecule has 31 heavy (non-hydrogen) atoms. The van der Waals surface area contributed by atoms with E-state index in [0.29, 0.717) is 12.1 Å². The van der Waals surface area contributed by atoms with E-state index < -0.39 is 17.1 Å². The van der Waals surface area contributed by atoms with Crippen LogP contribution >= 0.6 is 0 Å². The number of aliphatic hydroxyl groups excluding tert-OH is 2. The Morgan fingerprint density at radius 1 is 0.935 bits per heavy atom. The second-order valence-corrected chi connectivity index (χ2v) is 8.79. The molecule has 178 valence electrons. The zero-order chi connectivity index (χ0) is 22.9. The number of nitro benzene ring substituents is 1. The van der Waals surface area contributed by atoms with E-state index in [1.165, 1.54) is 82.8 Å². The number of nitrogens with zero attached hydrogens (tertiary/aromatic N) is 1.